The Kier molecular flexibility index (Phi) is 1.89. The summed E-state index contributed by atoms with van der Waals surface area (Å²) in [6.45, 7) is 2.20. The highest BCUT2D eigenvalue weighted by Gasteiger charge is 2.32. The maximum Gasteiger partial charge on any atom is 0.148 e. The molecular formula is C8H10ClN3. The molecule has 1 aromatic heterocycles. The predicted molar refractivity (Wildman–Crippen MR) is 48.2 cm³/mol. The molecule has 1 fully saturated rings. The summed E-state index contributed by atoms with van der Waals surface area (Å²) in [5.41, 5.74) is 0. The lowest BCUT2D eigenvalue weighted by molar-refractivity contribution is 0.921. The van der Waals surface area contributed by atoms with Crippen LogP contribution >= 0.6 is 11.6 Å². The third-order valence-corrected chi connectivity index (χ3v) is 2.38. The van der Waals surface area contributed by atoms with Crippen molar-refractivity contribution in [3.05, 3.63) is 17.5 Å². The second-order valence-electron chi connectivity index (χ2n) is 3.18. The lowest BCUT2D eigenvalue weighted by Crippen LogP contribution is -2.05. The predicted octanol–water partition coefficient (Wildman–Crippen LogP) is 1.95. The summed E-state index contributed by atoms with van der Waals surface area (Å²) in [5.74, 6) is 1.50. The van der Waals surface area contributed by atoms with E-state index in [-0.39, 0.29) is 0 Å². The van der Waals surface area contributed by atoms with Gasteiger partial charge >= 0.3 is 0 Å². The van der Waals surface area contributed by atoms with Gasteiger partial charge < -0.3 is 5.32 Å². The monoisotopic (exact) mass is 183 g/mol. The lowest BCUT2D eigenvalue weighted by Gasteiger charge is -2.03. The quantitative estimate of drug-likeness (QED) is 0.762. The van der Waals surface area contributed by atoms with Crippen molar-refractivity contribution < 1.29 is 0 Å². The Morgan fingerprint density at radius 1 is 1.67 bits per heavy atom. The summed E-state index contributed by atoms with van der Waals surface area (Å²) in [6, 6.07) is 0.553. The van der Waals surface area contributed by atoms with E-state index in [2.05, 4.69) is 22.2 Å². The van der Waals surface area contributed by atoms with Gasteiger partial charge in [0.25, 0.3) is 0 Å². The standard InChI is InChI=1S/C8H10ClN3/c1-5-2-7(5)12-8-6(9)3-10-4-11-8/h3-5,7H,2H2,1H3,(H,10,11,12)/t5-,7-/m1/s1. The zero-order valence-corrected chi connectivity index (χ0v) is 7.54. The Labute approximate surface area is 76.2 Å². The second kappa shape index (κ2) is 2.90. The van der Waals surface area contributed by atoms with E-state index in [9.17, 15) is 0 Å². The van der Waals surface area contributed by atoms with Crippen LogP contribution in [0.25, 0.3) is 0 Å². The van der Waals surface area contributed by atoms with Gasteiger partial charge in [-0.15, -0.1) is 0 Å². The summed E-state index contributed by atoms with van der Waals surface area (Å²) in [4.78, 5) is 7.85. The smallest absolute Gasteiger partial charge is 0.148 e. The van der Waals surface area contributed by atoms with Crippen molar-refractivity contribution in [1.29, 1.82) is 0 Å². The molecule has 1 aliphatic carbocycles. The molecule has 0 radical (unpaired) electrons. The van der Waals surface area contributed by atoms with E-state index in [0.717, 1.165) is 11.7 Å². The molecule has 0 bridgehead atoms. The maximum absolute atomic E-state index is 5.86. The summed E-state index contributed by atoms with van der Waals surface area (Å²) < 4.78 is 0. The van der Waals surface area contributed by atoms with Crippen LogP contribution in [0.1, 0.15) is 13.3 Å². The third kappa shape index (κ3) is 1.50. The van der Waals surface area contributed by atoms with Gasteiger partial charge in [-0.25, -0.2) is 9.97 Å². The molecule has 0 aliphatic heterocycles. The van der Waals surface area contributed by atoms with Crippen LogP contribution in [0.15, 0.2) is 12.5 Å². The molecule has 2 rings (SSSR count). The van der Waals surface area contributed by atoms with Crippen molar-refractivity contribution in [2.45, 2.75) is 19.4 Å². The first-order chi connectivity index (χ1) is 5.77. The number of halogens is 1. The highest BCUT2D eigenvalue weighted by atomic mass is 35.5. The molecule has 1 saturated carbocycles. The minimum Gasteiger partial charge on any atom is -0.366 e. The minimum atomic E-state index is 0.553. The van der Waals surface area contributed by atoms with Gasteiger partial charge in [-0.3, -0.25) is 0 Å². The Balaban J connectivity index is 2.08. The number of aromatic nitrogens is 2. The van der Waals surface area contributed by atoms with Crippen molar-refractivity contribution >= 4 is 17.4 Å². The van der Waals surface area contributed by atoms with E-state index in [4.69, 9.17) is 11.6 Å². The molecule has 0 amide bonds. The van der Waals surface area contributed by atoms with E-state index in [1.165, 1.54) is 12.7 Å². The van der Waals surface area contributed by atoms with Crippen LogP contribution in [-0.4, -0.2) is 16.0 Å². The van der Waals surface area contributed by atoms with Gasteiger partial charge in [-0.05, 0) is 12.3 Å². The molecule has 1 aliphatic rings. The Morgan fingerprint density at radius 3 is 3.00 bits per heavy atom. The lowest BCUT2D eigenvalue weighted by atomic mass is 10.4. The summed E-state index contributed by atoms with van der Waals surface area (Å²) >= 11 is 5.86. The van der Waals surface area contributed by atoms with Crippen molar-refractivity contribution in [2.75, 3.05) is 5.32 Å². The minimum absolute atomic E-state index is 0.553. The van der Waals surface area contributed by atoms with Crippen molar-refractivity contribution in [3.63, 3.8) is 0 Å². The van der Waals surface area contributed by atoms with Gasteiger partial charge in [-0.1, -0.05) is 18.5 Å². The molecule has 0 aromatic carbocycles. The average Bonchev–Trinajstić information content (AvgIpc) is 2.72. The molecule has 0 spiro atoms. The Morgan fingerprint density at radius 2 is 2.42 bits per heavy atom. The van der Waals surface area contributed by atoms with Gasteiger partial charge in [0, 0.05) is 6.04 Å². The normalized spacial score (nSPS) is 26.8. The van der Waals surface area contributed by atoms with Crippen LogP contribution in [0.2, 0.25) is 5.02 Å². The molecule has 2 atom stereocenters. The SMILES string of the molecule is C[C@@H]1C[C@H]1Nc1ncncc1Cl. The van der Waals surface area contributed by atoms with Gasteiger partial charge in [0.15, 0.2) is 0 Å². The summed E-state index contributed by atoms with van der Waals surface area (Å²) in [7, 11) is 0. The number of rotatable bonds is 2. The second-order valence-corrected chi connectivity index (χ2v) is 3.59. The van der Waals surface area contributed by atoms with Crippen LogP contribution in [0.4, 0.5) is 5.82 Å². The summed E-state index contributed by atoms with van der Waals surface area (Å²) in [6.07, 6.45) is 4.31. The average molecular weight is 184 g/mol. The van der Waals surface area contributed by atoms with Crippen molar-refractivity contribution in [2.24, 2.45) is 5.92 Å². The largest absolute Gasteiger partial charge is 0.366 e. The van der Waals surface area contributed by atoms with Crippen LogP contribution in [-0.2, 0) is 0 Å². The van der Waals surface area contributed by atoms with Crippen LogP contribution in [0.3, 0.4) is 0 Å². The van der Waals surface area contributed by atoms with Crippen LogP contribution < -0.4 is 5.32 Å². The van der Waals surface area contributed by atoms with E-state index < -0.39 is 0 Å². The van der Waals surface area contributed by atoms with E-state index in [0.29, 0.717) is 11.1 Å². The highest BCUT2D eigenvalue weighted by Crippen LogP contribution is 2.33. The Hall–Kier alpha value is -0.830. The molecule has 64 valence electrons. The van der Waals surface area contributed by atoms with Gasteiger partial charge in [0.05, 0.1) is 6.20 Å². The van der Waals surface area contributed by atoms with Gasteiger partial charge in [-0.2, -0.15) is 0 Å². The molecule has 3 nitrogen and oxygen atoms in total. The highest BCUT2D eigenvalue weighted by molar-refractivity contribution is 6.32. The maximum atomic E-state index is 5.86. The molecule has 0 saturated heterocycles. The molecular weight excluding hydrogens is 174 g/mol. The fourth-order valence-electron chi connectivity index (χ4n) is 1.12. The zero-order chi connectivity index (χ0) is 8.55. The fraction of sp³-hybridized carbons (Fsp3) is 0.500. The van der Waals surface area contributed by atoms with Crippen molar-refractivity contribution in [3.8, 4) is 0 Å². The summed E-state index contributed by atoms with van der Waals surface area (Å²) in [5, 5.41) is 3.84. The number of anilines is 1. The van der Waals surface area contributed by atoms with Crippen LogP contribution in [0, 0.1) is 5.92 Å². The first kappa shape index (κ1) is 7.80. The van der Waals surface area contributed by atoms with E-state index >= 15 is 0 Å². The molecule has 0 unspecified atom stereocenters. The number of nitrogens with zero attached hydrogens (tertiary/aromatic N) is 2. The topological polar surface area (TPSA) is 37.8 Å². The van der Waals surface area contributed by atoms with Crippen LogP contribution in [0.5, 0.6) is 0 Å². The number of nitrogens with one attached hydrogen (secondary N) is 1. The first-order valence-corrected chi connectivity index (χ1v) is 4.37. The van der Waals surface area contributed by atoms with E-state index in [1.807, 2.05) is 0 Å². The molecule has 4 heteroatoms. The molecule has 12 heavy (non-hydrogen) atoms. The zero-order valence-electron chi connectivity index (χ0n) is 6.79. The van der Waals surface area contributed by atoms with Gasteiger partial charge in [0.1, 0.15) is 17.2 Å². The third-order valence-electron chi connectivity index (χ3n) is 2.10. The first-order valence-electron chi connectivity index (χ1n) is 3.99. The Bertz CT molecular complexity index is 289. The molecule has 1 aromatic rings. The number of hydrogen-bond acceptors (Lipinski definition) is 3. The fourth-order valence-corrected chi connectivity index (χ4v) is 1.28. The van der Waals surface area contributed by atoms with Crippen molar-refractivity contribution in [1.82, 2.24) is 9.97 Å². The molecule has 1 heterocycles. The number of hydrogen-bond donors (Lipinski definition) is 1. The van der Waals surface area contributed by atoms with Gasteiger partial charge in [0.2, 0.25) is 0 Å². The van der Waals surface area contributed by atoms with E-state index in [1.54, 1.807) is 6.20 Å². The molecule has 1 N–H and O–H groups in total.